The average Bonchev–Trinajstić information content (AvgIpc) is 2.01. The van der Waals surface area contributed by atoms with Gasteiger partial charge in [-0.3, -0.25) is 0 Å². The van der Waals surface area contributed by atoms with Crippen LogP contribution < -0.4 is 0 Å². The molecule has 0 bridgehead atoms. The molecule has 0 aliphatic heterocycles. The summed E-state index contributed by atoms with van der Waals surface area (Å²) in [6, 6.07) is 0. The molecule has 0 heteroatoms. The van der Waals surface area contributed by atoms with Crippen LogP contribution in [0.3, 0.4) is 0 Å². The van der Waals surface area contributed by atoms with Crippen LogP contribution in [0.25, 0.3) is 0 Å². The Morgan fingerprint density at radius 1 is 1.23 bits per heavy atom. The molecule has 0 spiro atoms. The highest BCUT2D eigenvalue weighted by Crippen LogP contribution is 2.32. The van der Waals surface area contributed by atoms with E-state index >= 15 is 0 Å². The van der Waals surface area contributed by atoms with Crippen molar-refractivity contribution in [3.05, 3.63) is 11.6 Å². The van der Waals surface area contributed by atoms with Gasteiger partial charge in [-0.05, 0) is 24.2 Å². The van der Waals surface area contributed by atoms with Gasteiger partial charge in [-0.15, -0.1) is 0 Å². The van der Waals surface area contributed by atoms with E-state index in [0.29, 0.717) is 11.3 Å². The average molecular weight is 182 g/mol. The van der Waals surface area contributed by atoms with Gasteiger partial charge in [-0.1, -0.05) is 59.6 Å². The molecule has 0 nitrogen and oxygen atoms in total. The number of hydrogen-bond donors (Lipinski definition) is 0. The maximum atomic E-state index is 2.45. The molecule has 0 N–H and O–H groups in total. The molecule has 0 aliphatic carbocycles. The highest BCUT2D eigenvalue weighted by atomic mass is 14.3. The van der Waals surface area contributed by atoms with Gasteiger partial charge in [-0.25, -0.2) is 0 Å². The molecule has 0 saturated heterocycles. The van der Waals surface area contributed by atoms with Crippen LogP contribution in [0, 0.1) is 17.3 Å². The molecule has 0 amide bonds. The first-order chi connectivity index (χ1) is 5.81. The lowest BCUT2D eigenvalue weighted by Gasteiger charge is -2.29. The van der Waals surface area contributed by atoms with E-state index in [-0.39, 0.29) is 0 Å². The predicted octanol–water partition coefficient (Wildman–Crippen LogP) is 4.66. The second kappa shape index (κ2) is 4.83. The van der Waals surface area contributed by atoms with E-state index in [4.69, 9.17) is 0 Å². The molecule has 0 radical (unpaired) electrons. The normalized spacial score (nSPS) is 16.5. The maximum absolute atomic E-state index is 2.45. The van der Waals surface area contributed by atoms with E-state index in [1.165, 1.54) is 12.0 Å². The summed E-state index contributed by atoms with van der Waals surface area (Å²) in [5.41, 5.74) is 1.87. The lowest BCUT2D eigenvalue weighted by Crippen LogP contribution is -2.19. The molecule has 78 valence electrons. The van der Waals surface area contributed by atoms with E-state index in [1.807, 2.05) is 0 Å². The Hall–Kier alpha value is -0.260. The molecule has 0 aliphatic rings. The summed E-state index contributed by atoms with van der Waals surface area (Å²) in [7, 11) is 0. The SMILES string of the molecule is CCC(C)C(C)(C)C=C(C)C(C)C. The van der Waals surface area contributed by atoms with Crippen LogP contribution >= 0.6 is 0 Å². The van der Waals surface area contributed by atoms with Gasteiger partial charge >= 0.3 is 0 Å². The molecule has 0 aromatic rings. The Morgan fingerprint density at radius 3 is 2.00 bits per heavy atom. The van der Waals surface area contributed by atoms with Crippen LogP contribution in [-0.2, 0) is 0 Å². The first kappa shape index (κ1) is 12.7. The zero-order chi connectivity index (χ0) is 10.6. The fraction of sp³-hybridized carbons (Fsp3) is 0.846. The van der Waals surface area contributed by atoms with Crippen molar-refractivity contribution in [1.82, 2.24) is 0 Å². The summed E-state index contributed by atoms with van der Waals surface area (Å²) in [6.45, 7) is 16.1. The van der Waals surface area contributed by atoms with Gasteiger partial charge < -0.3 is 0 Å². The molecule has 0 saturated carbocycles. The topological polar surface area (TPSA) is 0 Å². The molecule has 0 rings (SSSR count). The maximum Gasteiger partial charge on any atom is -0.0147 e. The minimum absolute atomic E-state index is 0.350. The first-order valence-electron chi connectivity index (χ1n) is 5.50. The molecule has 0 aromatic heterocycles. The van der Waals surface area contributed by atoms with E-state index in [2.05, 4.69) is 54.5 Å². The van der Waals surface area contributed by atoms with Crippen molar-refractivity contribution in [2.45, 2.75) is 54.9 Å². The monoisotopic (exact) mass is 182 g/mol. The van der Waals surface area contributed by atoms with Crippen molar-refractivity contribution in [3.63, 3.8) is 0 Å². The van der Waals surface area contributed by atoms with Gasteiger partial charge in [0.05, 0.1) is 0 Å². The van der Waals surface area contributed by atoms with Crippen LogP contribution in [-0.4, -0.2) is 0 Å². The molecule has 1 unspecified atom stereocenters. The van der Waals surface area contributed by atoms with Gasteiger partial charge in [0.25, 0.3) is 0 Å². The number of hydrogen-bond acceptors (Lipinski definition) is 0. The summed E-state index contributed by atoms with van der Waals surface area (Å²) in [5, 5.41) is 0. The smallest absolute Gasteiger partial charge is 0.0147 e. The Morgan fingerprint density at radius 2 is 1.69 bits per heavy atom. The van der Waals surface area contributed by atoms with Crippen molar-refractivity contribution in [3.8, 4) is 0 Å². The zero-order valence-corrected chi connectivity index (χ0v) is 10.4. The van der Waals surface area contributed by atoms with Gasteiger partial charge in [0.15, 0.2) is 0 Å². The van der Waals surface area contributed by atoms with Gasteiger partial charge in [0.1, 0.15) is 0 Å². The van der Waals surface area contributed by atoms with Crippen molar-refractivity contribution >= 4 is 0 Å². The third kappa shape index (κ3) is 3.97. The van der Waals surface area contributed by atoms with E-state index < -0.39 is 0 Å². The third-order valence-electron chi connectivity index (χ3n) is 3.39. The summed E-state index contributed by atoms with van der Waals surface area (Å²) in [5.74, 6) is 1.45. The lowest BCUT2D eigenvalue weighted by molar-refractivity contribution is 0.296. The molecule has 0 aromatic carbocycles. The summed E-state index contributed by atoms with van der Waals surface area (Å²) < 4.78 is 0. The number of rotatable bonds is 4. The highest BCUT2D eigenvalue weighted by Gasteiger charge is 2.22. The van der Waals surface area contributed by atoms with Crippen molar-refractivity contribution in [2.24, 2.45) is 17.3 Å². The minimum Gasteiger partial charge on any atom is -0.0794 e. The first-order valence-corrected chi connectivity index (χ1v) is 5.50. The van der Waals surface area contributed by atoms with Crippen LogP contribution in [0.5, 0.6) is 0 Å². The number of allylic oxidation sites excluding steroid dienone is 2. The van der Waals surface area contributed by atoms with Crippen LogP contribution in [0.15, 0.2) is 11.6 Å². The Labute approximate surface area is 84.4 Å². The highest BCUT2D eigenvalue weighted by molar-refractivity contribution is 5.08. The fourth-order valence-electron chi connectivity index (χ4n) is 1.42. The van der Waals surface area contributed by atoms with E-state index in [1.54, 1.807) is 0 Å². The Kier molecular flexibility index (Phi) is 4.74. The van der Waals surface area contributed by atoms with Crippen molar-refractivity contribution in [2.75, 3.05) is 0 Å². The van der Waals surface area contributed by atoms with Crippen LogP contribution in [0.1, 0.15) is 54.9 Å². The molecule has 0 fully saturated rings. The van der Waals surface area contributed by atoms with E-state index in [0.717, 1.165) is 5.92 Å². The fourth-order valence-corrected chi connectivity index (χ4v) is 1.42. The molecular weight excluding hydrogens is 156 g/mol. The second-order valence-electron chi connectivity index (χ2n) is 5.17. The lowest BCUT2D eigenvalue weighted by atomic mass is 9.76. The minimum atomic E-state index is 0.350. The second-order valence-corrected chi connectivity index (χ2v) is 5.17. The van der Waals surface area contributed by atoms with E-state index in [9.17, 15) is 0 Å². The quantitative estimate of drug-likeness (QED) is 0.555. The van der Waals surface area contributed by atoms with Gasteiger partial charge in [0, 0.05) is 0 Å². The molecule has 13 heavy (non-hydrogen) atoms. The molecule has 1 atom stereocenters. The summed E-state index contributed by atoms with van der Waals surface area (Å²) >= 11 is 0. The third-order valence-corrected chi connectivity index (χ3v) is 3.39. The van der Waals surface area contributed by atoms with Crippen molar-refractivity contribution in [1.29, 1.82) is 0 Å². The molecule has 0 heterocycles. The van der Waals surface area contributed by atoms with Crippen LogP contribution in [0.4, 0.5) is 0 Å². The standard InChI is InChI=1S/C13H26/c1-8-12(5)13(6,7)9-11(4)10(2)3/h9-10,12H,8H2,1-7H3. The Bertz CT molecular complexity index is 172. The van der Waals surface area contributed by atoms with Crippen molar-refractivity contribution < 1.29 is 0 Å². The summed E-state index contributed by atoms with van der Waals surface area (Å²) in [4.78, 5) is 0. The van der Waals surface area contributed by atoms with Gasteiger partial charge in [0.2, 0.25) is 0 Å². The zero-order valence-electron chi connectivity index (χ0n) is 10.4. The molecular formula is C13H26. The predicted molar refractivity (Wildman–Crippen MR) is 61.8 cm³/mol. The van der Waals surface area contributed by atoms with Gasteiger partial charge in [-0.2, -0.15) is 0 Å². The Balaban J connectivity index is 4.56. The van der Waals surface area contributed by atoms with Crippen LogP contribution in [0.2, 0.25) is 0 Å². The largest absolute Gasteiger partial charge is 0.0794 e. The summed E-state index contributed by atoms with van der Waals surface area (Å²) in [6.07, 6.45) is 3.71.